The van der Waals surface area contributed by atoms with Gasteiger partial charge in [0, 0.05) is 17.7 Å². The van der Waals surface area contributed by atoms with E-state index in [-0.39, 0.29) is 11.8 Å². The zero-order chi connectivity index (χ0) is 18.8. The molecule has 0 atom stereocenters. The van der Waals surface area contributed by atoms with Crippen LogP contribution in [0.1, 0.15) is 34.3 Å². The molecule has 0 saturated heterocycles. The Morgan fingerprint density at radius 3 is 2.67 bits per heavy atom. The molecule has 6 heteroatoms. The molecule has 1 aromatic heterocycles. The van der Waals surface area contributed by atoms with E-state index >= 15 is 0 Å². The summed E-state index contributed by atoms with van der Waals surface area (Å²) in [6.45, 7) is 2.03. The van der Waals surface area contributed by atoms with Crippen LogP contribution in [0.5, 0.6) is 0 Å². The van der Waals surface area contributed by atoms with Gasteiger partial charge in [-0.15, -0.1) is 0 Å². The SMILES string of the molecule is Cc1ccc2nc(NC(=O)/C=C/c3ccc(C(=O)NC4CC4)cc3)sc2c1. The van der Waals surface area contributed by atoms with E-state index in [4.69, 9.17) is 0 Å². The average molecular weight is 377 g/mol. The largest absolute Gasteiger partial charge is 0.349 e. The zero-order valence-corrected chi connectivity index (χ0v) is 15.7. The molecule has 0 unspecified atom stereocenters. The second-order valence-electron chi connectivity index (χ2n) is 6.68. The van der Waals surface area contributed by atoms with Crippen molar-refractivity contribution in [2.24, 2.45) is 0 Å². The molecule has 4 rings (SSSR count). The number of hydrogen-bond donors (Lipinski definition) is 2. The minimum absolute atomic E-state index is 0.0446. The molecular weight excluding hydrogens is 358 g/mol. The first kappa shape index (κ1) is 17.4. The van der Waals surface area contributed by atoms with Gasteiger partial charge in [-0.2, -0.15) is 0 Å². The maximum Gasteiger partial charge on any atom is 0.251 e. The number of carbonyl (C=O) groups excluding carboxylic acids is 2. The van der Waals surface area contributed by atoms with E-state index in [1.807, 2.05) is 31.2 Å². The molecule has 2 amide bonds. The minimum Gasteiger partial charge on any atom is -0.349 e. The first-order valence-electron chi connectivity index (χ1n) is 8.84. The van der Waals surface area contributed by atoms with Crippen LogP contribution >= 0.6 is 11.3 Å². The molecule has 2 N–H and O–H groups in total. The van der Waals surface area contributed by atoms with E-state index in [1.165, 1.54) is 17.4 Å². The minimum atomic E-state index is -0.235. The first-order valence-corrected chi connectivity index (χ1v) is 9.66. The maximum atomic E-state index is 12.1. The second-order valence-corrected chi connectivity index (χ2v) is 7.71. The fourth-order valence-corrected chi connectivity index (χ4v) is 3.61. The molecule has 1 saturated carbocycles. The molecule has 5 nitrogen and oxygen atoms in total. The number of aryl methyl sites for hydroxylation is 1. The molecule has 1 heterocycles. The van der Waals surface area contributed by atoms with Crippen molar-refractivity contribution in [3.63, 3.8) is 0 Å². The van der Waals surface area contributed by atoms with E-state index in [1.54, 1.807) is 18.2 Å². The van der Waals surface area contributed by atoms with Crippen LogP contribution in [-0.4, -0.2) is 22.8 Å². The number of nitrogens with zero attached hydrogens (tertiary/aromatic N) is 1. The van der Waals surface area contributed by atoms with Crippen LogP contribution in [-0.2, 0) is 4.79 Å². The fraction of sp³-hybridized carbons (Fsp3) is 0.190. The number of rotatable bonds is 5. The summed E-state index contributed by atoms with van der Waals surface area (Å²) in [6, 6.07) is 13.5. The van der Waals surface area contributed by atoms with Crippen LogP contribution in [0.3, 0.4) is 0 Å². The van der Waals surface area contributed by atoms with Crippen LogP contribution in [0.15, 0.2) is 48.5 Å². The Morgan fingerprint density at radius 2 is 1.93 bits per heavy atom. The quantitative estimate of drug-likeness (QED) is 0.656. The van der Waals surface area contributed by atoms with Gasteiger partial charge in [0.1, 0.15) is 0 Å². The number of amides is 2. The number of thiazole rings is 1. The van der Waals surface area contributed by atoms with Crippen molar-refractivity contribution >= 4 is 44.6 Å². The molecule has 1 fully saturated rings. The van der Waals surface area contributed by atoms with Gasteiger partial charge in [-0.1, -0.05) is 29.5 Å². The van der Waals surface area contributed by atoms with E-state index in [0.717, 1.165) is 34.2 Å². The summed E-state index contributed by atoms with van der Waals surface area (Å²) in [6.07, 6.45) is 5.32. The third-order valence-corrected chi connectivity index (χ3v) is 5.22. The monoisotopic (exact) mass is 377 g/mol. The molecule has 0 bridgehead atoms. The molecule has 2 aromatic carbocycles. The Morgan fingerprint density at radius 1 is 1.15 bits per heavy atom. The second kappa shape index (κ2) is 7.32. The molecule has 1 aliphatic rings. The molecule has 3 aromatic rings. The van der Waals surface area contributed by atoms with Gasteiger partial charge in [-0.25, -0.2) is 4.98 Å². The first-order chi connectivity index (χ1) is 13.1. The van der Waals surface area contributed by atoms with Gasteiger partial charge in [0.15, 0.2) is 5.13 Å². The van der Waals surface area contributed by atoms with Crippen molar-refractivity contribution in [3.05, 3.63) is 65.2 Å². The molecule has 0 radical (unpaired) electrons. The molecule has 0 aliphatic heterocycles. The maximum absolute atomic E-state index is 12.1. The summed E-state index contributed by atoms with van der Waals surface area (Å²) in [5.74, 6) is -0.279. The molecule has 136 valence electrons. The summed E-state index contributed by atoms with van der Waals surface area (Å²) >= 11 is 1.46. The Kier molecular flexibility index (Phi) is 4.73. The number of benzene rings is 2. The van der Waals surface area contributed by atoms with E-state index in [9.17, 15) is 9.59 Å². The number of nitrogens with one attached hydrogen (secondary N) is 2. The number of anilines is 1. The summed E-state index contributed by atoms with van der Waals surface area (Å²) in [4.78, 5) is 28.5. The molecular formula is C21H19N3O2S. The number of hydrogen-bond acceptors (Lipinski definition) is 4. The lowest BCUT2D eigenvalue weighted by atomic mass is 10.1. The van der Waals surface area contributed by atoms with Crippen LogP contribution in [0.25, 0.3) is 16.3 Å². The standard InChI is InChI=1S/C21H19N3O2S/c1-13-2-10-17-18(12-13)27-21(23-17)24-19(25)11-5-14-3-6-15(7-4-14)20(26)22-16-8-9-16/h2-7,10-12,16H,8-9H2,1H3,(H,22,26)(H,23,24,25)/b11-5+. The normalized spacial score (nSPS) is 13.8. The van der Waals surface area contributed by atoms with Crippen LogP contribution < -0.4 is 10.6 Å². The van der Waals surface area contributed by atoms with Crippen molar-refractivity contribution in [2.45, 2.75) is 25.8 Å². The van der Waals surface area contributed by atoms with E-state index in [2.05, 4.69) is 21.7 Å². The van der Waals surface area contributed by atoms with E-state index in [0.29, 0.717) is 16.7 Å². The third-order valence-electron chi connectivity index (χ3n) is 4.29. The number of aromatic nitrogens is 1. The predicted molar refractivity (Wildman–Crippen MR) is 109 cm³/mol. The van der Waals surface area contributed by atoms with Crippen molar-refractivity contribution in [1.29, 1.82) is 0 Å². The van der Waals surface area contributed by atoms with Crippen LogP contribution in [0, 0.1) is 6.92 Å². The van der Waals surface area contributed by atoms with Crippen molar-refractivity contribution in [1.82, 2.24) is 10.3 Å². The Labute approximate surface area is 161 Å². The highest BCUT2D eigenvalue weighted by Crippen LogP contribution is 2.26. The predicted octanol–water partition coefficient (Wildman–Crippen LogP) is 4.15. The smallest absolute Gasteiger partial charge is 0.251 e. The highest BCUT2D eigenvalue weighted by molar-refractivity contribution is 7.22. The third kappa shape index (κ3) is 4.41. The summed E-state index contributed by atoms with van der Waals surface area (Å²) in [5, 5.41) is 6.33. The van der Waals surface area contributed by atoms with Gasteiger partial charge in [0.05, 0.1) is 10.2 Å². The van der Waals surface area contributed by atoms with Crippen LogP contribution in [0.4, 0.5) is 5.13 Å². The van der Waals surface area contributed by atoms with Gasteiger partial charge >= 0.3 is 0 Å². The van der Waals surface area contributed by atoms with E-state index < -0.39 is 0 Å². The average Bonchev–Trinajstić information content (AvgIpc) is 3.38. The van der Waals surface area contributed by atoms with Gasteiger partial charge < -0.3 is 5.32 Å². The summed E-state index contributed by atoms with van der Waals surface area (Å²) in [7, 11) is 0. The van der Waals surface area contributed by atoms with Crippen LogP contribution in [0.2, 0.25) is 0 Å². The molecule has 0 spiro atoms. The zero-order valence-electron chi connectivity index (χ0n) is 14.9. The fourth-order valence-electron chi connectivity index (χ4n) is 2.65. The molecule has 1 aliphatic carbocycles. The lowest BCUT2D eigenvalue weighted by Gasteiger charge is -2.03. The lowest BCUT2D eigenvalue weighted by molar-refractivity contribution is -0.111. The highest BCUT2D eigenvalue weighted by atomic mass is 32.1. The topological polar surface area (TPSA) is 71.1 Å². The van der Waals surface area contributed by atoms with Gasteiger partial charge in [0.2, 0.25) is 5.91 Å². The van der Waals surface area contributed by atoms with Gasteiger partial charge in [-0.3, -0.25) is 14.9 Å². The Hall–Kier alpha value is -2.99. The summed E-state index contributed by atoms with van der Waals surface area (Å²) < 4.78 is 1.05. The van der Waals surface area contributed by atoms with Crippen molar-refractivity contribution in [3.8, 4) is 0 Å². The molecule has 27 heavy (non-hydrogen) atoms. The number of fused-ring (bicyclic) bond motifs is 1. The Balaban J connectivity index is 1.37. The highest BCUT2D eigenvalue weighted by Gasteiger charge is 2.23. The van der Waals surface area contributed by atoms with Gasteiger partial charge in [0.25, 0.3) is 5.91 Å². The summed E-state index contributed by atoms with van der Waals surface area (Å²) in [5.41, 5.74) is 3.53. The van der Waals surface area contributed by atoms with Gasteiger partial charge in [-0.05, 0) is 61.2 Å². The van der Waals surface area contributed by atoms with Crippen molar-refractivity contribution in [2.75, 3.05) is 5.32 Å². The Bertz CT molecular complexity index is 1030. The number of carbonyl (C=O) groups is 2. The lowest BCUT2D eigenvalue weighted by Crippen LogP contribution is -2.25. The van der Waals surface area contributed by atoms with Crippen molar-refractivity contribution < 1.29 is 9.59 Å².